The molecule has 144 valence electrons. The molecule has 1 atom stereocenters. The molecule has 0 saturated carbocycles. The Hall–Kier alpha value is -2.67. The number of hydrogen-bond acceptors (Lipinski definition) is 5. The molecule has 1 aliphatic rings. The molecule has 7 heteroatoms. The van der Waals surface area contributed by atoms with Crippen molar-refractivity contribution in [2.24, 2.45) is 7.05 Å². The number of likely N-dealkylation sites (tertiary alicyclic amines) is 1. The molecule has 0 bridgehead atoms. The maximum Gasteiger partial charge on any atom is 0.229 e. The highest BCUT2D eigenvalue weighted by molar-refractivity contribution is 7.98. The van der Waals surface area contributed by atoms with Crippen LogP contribution in [0.25, 0.3) is 0 Å². The van der Waals surface area contributed by atoms with Gasteiger partial charge in [0.1, 0.15) is 0 Å². The standard InChI is InChI=1S/C21H23N5OS/c1-25-20(23-24-21(25)28-15-16-8-3-2-4-9-16)18-11-7-13-26(18)19(27)14-17-10-5-6-12-22-17/h2-6,8-10,12,18H,7,11,13-15H2,1H3/t18-/m1/s1. The number of hydrogen-bond donors (Lipinski definition) is 0. The lowest BCUT2D eigenvalue weighted by atomic mass is 10.2. The summed E-state index contributed by atoms with van der Waals surface area (Å²) in [7, 11) is 1.99. The highest BCUT2D eigenvalue weighted by Gasteiger charge is 2.33. The number of thioether (sulfide) groups is 1. The molecular weight excluding hydrogens is 370 g/mol. The van der Waals surface area contributed by atoms with Crippen LogP contribution < -0.4 is 0 Å². The minimum absolute atomic E-state index is 0.0141. The largest absolute Gasteiger partial charge is 0.332 e. The maximum absolute atomic E-state index is 12.9. The van der Waals surface area contributed by atoms with Crippen LogP contribution in [0.1, 0.15) is 36.0 Å². The van der Waals surface area contributed by atoms with Gasteiger partial charge in [0.25, 0.3) is 0 Å². The van der Waals surface area contributed by atoms with Crippen LogP contribution in [0.4, 0.5) is 0 Å². The van der Waals surface area contributed by atoms with E-state index in [1.165, 1.54) is 5.56 Å². The van der Waals surface area contributed by atoms with Crippen molar-refractivity contribution in [3.05, 3.63) is 71.8 Å². The summed E-state index contributed by atoms with van der Waals surface area (Å²) in [4.78, 5) is 19.1. The Labute approximate surface area is 169 Å². The number of aromatic nitrogens is 4. The van der Waals surface area contributed by atoms with E-state index in [-0.39, 0.29) is 11.9 Å². The normalized spacial score (nSPS) is 16.5. The minimum atomic E-state index is -0.0141. The van der Waals surface area contributed by atoms with Gasteiger partial charge in [0.2, 0.25) is 5.91 Å². The third-order valence-electron chi connectivity index (χ3n) is 5.01. The Bertz CT molecular complexity index is 928. The van der Waals surface area contributed by atoms with Gasteiger partial charge in [-0.1, -0.05) is 48.2 Å². The van der Waals surface area contributed by atoms with Gasteiger partial charge in [0, 0.05) is 31.2 Å². The molecule has 2 aromatic heterocycles. The molecule has 28 heavy (non-hydrogen) atoms. The number of nitrogens with zero attached hydrogens (tertiary/aromatic N) is 5. The van der Waals surface area contributed by atoms with E-state index in [1.807, 2.05) is 52.9 Å². The zero-order chi connectivity index (χ0) is 19.3. The number of amides is 1. The number of carbonyl (C=O) groups excluding carboxylic acids is 1. The first kappa shape index (κ1) is 18.7. The molecule has 1 amide bonds. The molecule has 0 radical (unpaired) electrons. The second-order valence-corrected chi connectivity index (χ2v) is 7.86. The third-order valence-corrected chi connectivity index (χ3v) is 6.10. The molecule has 3 heterocycles. The number of carbonyl (C=O) groups is 1. The van der Waals surface area contributed by atoms with Crippen molar-refractivity contribution >= 4 is 17.7 Å². The second kappa shape index (κ2) is 8.56. The quantitative estimate of drug-likeness (QED) is 0.601. The molecule has 0 aliphatic carbocycles. The van der Waals surface area contributed by atoms with E-state index < -0.39 is 0 Å². The van der Waals surface area contributed by atoms with Crippen molar-refractivity contribution in [2.75, 3.05) is 6.54 Å². The molecule has 1 fully saturated rings. The summed E-state index contributed by atoms with van der Waals surface area (Å²) in [5.74, 6) is 1.81. The Morgan fingerprint density at radius 1 is 1.14 bits per heavy atom. The zero-order valence-corrected chi connectivity index (χ0v) is 16.7. The van der Waals surface area contributed by atoms with Crippen LogP contribution in [0.2, 0.25) is 0 Å². The van der Waals surface area contributed by atoms with Gasteiger partial charge in [-0.15, -0.1) is 10.2 Å². The van der Waals surface area contributed by atoms with Crippen LogP contribution in [0.3, 0.4) is 0 Å². The average molecular weight is 394 g/mol. The first-order valence-corrected chi connectivity index (χ1v) is 10.5. The Morgan fingerprint density at radius 3 is 2.75 bits per heavy atom. The summed E-state index contributed by atoms with van der Waals surface area (Å²) in [5, 5.41) is 9.69. The van der Waals surface area contributed by atoms with Gasteiger partial charge in [-0.05, 0) is 30.5 Å². The molecule has 1 aliphatic heterocycles. The van der Waals surface area contributed by atoms with Crippen molar-refractivity contribution in [2.45, 2.75) is 36.2 Å². The van der Waals surface area contributed by atoms with E-state index >= 15 is 0 Å². The van der Waals surface area contributed by atoms with Crippen LogP contribution in [0.15, 0.2) is 59.9 Å². The molecule has 3 aromatic rings. The number of benzene rings is 1. The van der Waals surface area contributed by atoms with Crippen molar-refractivity contribution < 1.29 is 4.79 Å². The van der Waals surface area contributed by atoms with Gasteiger partial charge in [-0.2, -0.15) is 0 Å². The van der Waals surface area contributed by atoms with Gasteiger partial charge < -0.3 is 9.47 Å². The van der Waals surface area contributed by atoms with Gasteiger partial charge >= 0.3 is 0 Å². The SMILES string of the molecule is Cn1c(SCc2ccccc2)nnc1[C@H]1CCCN1C(=O)Cc1ccccn1. The van der Waals surface area contributed by atoms with Crippen molar-refractivity contribution in [3.63, 3.8) is 0 Å². The molecule has 0 unspecified atom stereocenters. The minimum Gasteiger partial charge on any atom is -0.332 e. The van der Waals surface area contributed by atoms with Crippen LogP contribution in [0, 0.1) is 0 Å². The van der Waals surface area contributed by atoms with E-state index in [0.29, 0.717) is 6.42 Å². The zero-order valence-electron chi connectivity index (χ0n) is 15.9. The Balaban J connectivity index is 1.45. The fourth-order valence-electron chi connectivity index (χ4n) is 3.56. The maximum atomic E-state index is 12.9. The predicted octanol–water partition coefficient (Wildman–Crippen LogP) is 3.41. The van der Waals surface area contributed by atoms with Crippen molar-refractivity contribution in [3.8, 4) is 0 Å². The Kier molecular flexibility index (Phi) is 5.71. The molecule has 0 spiro atoms. The topological polar surface area (TPSA) is 63.9 Å². The second-order valence-electron chi connectivity index (χ2n) is 6.92. The lowest BCUT2D eigenvalue weighted by Gasteiger charge is -2.24. The van der Waals surface area contributed by atoms with E-state index in [1.54, 1.807) is 18.0 Å². The summed E-state index contributed by atoms with van der Waals surface area (Å²) >= 11 is 1.67. The summed E-state index contributed by atoms with van der Waals surface area (Å²) < 4.78 is 2.03. The smallest absolute Gasteiger partial charge is 0.229 e. The van der Waals surface area contributed by atoms with E-state index in [9.17, 15) is 4.79 Å². The fraction of sp³-hybridized carbons (Fsp3) is 0.333. The summed E-state index contributed by atoms with van der Waals surface area (Å²) in [5.41, 5.74) is 2.06. The molecule has 6 nitrogen and oxygen atoms in total. The van der Waals surface area contributed by atoms with Crippen LogP contribution >= 0.6 is 11.8 Å². The van der Waals surface area contributed by atoms with Gasteiger partial charge in [0.05, 0.1) is 12.5 Å². The van der Waals surface area contributed by atoms with E-state index in [2.05, 4.69) is 27.3 Å². The van der Waals surface area contributed by atoms with Gasteiger partial charge in [-0.25, -0.2) is 0 Å². The number of pyridine rings is 1. The molecular formula is C21H23N5OS. The van der Waals surface area contributed by atoms with Crippen molar-refractivity contribution in [1.29, 1.82) is 0 Å². The highest BCUT2D eigenvalue weighted by Crippen LogP contribution is 2.33. The summed E-state index contributed by atoms with van der Waals surface area (Å²) in [6.07, 6.45) is 3.95. The number of rotatable bonds is 6. The summed E-state index contributed by atoms with van der Waals surface area (Å²) in [6, 6.07) is 16.0. The van der Waals surface area contributed by atoms with Gasteiger partial charge in [-0.3, -0.25) is 9.78 Å². The predicted molar refractivity (Wildman–Crippen MR) is 109 cm³/mol. The lowest BCUT2D eigenvalue weighted by Crippen LogP contribution is -2.33. The van der Waals surface area contributed by atoms with Crippen LogP contribution in [-0.2, 0) is 24.0 Å². The molecule has 4 rings (SSSR count). The first-order chi connectivity index (χ1) is 13.7. The monoisotopic (exact) mass is 393 g/mol. The van der Waals surface area contributed by atoms with Crippen LogP contribution in [-0.4, -0.2) is 37.1 Å². The summed E-state index contributed by atoms with van der Waals surface area (Å²) in [6.45, 7) is 0.760. The first-order valence-electron chi connectivity index (χ1n) is 9.48. The average Bonchev–Trinajstić information content (AvgIpc) is 3.34. The van der Waals surface area contributed by atoms with E-state index in [4.69, 9.17) is 0 Å². The fourth-order valence-corrected chi connectivity index (χ4v) is 4.43. The lowest BCUT2D eigenvalue weighted by molar-refractivity contribution is -0.131. The van der Waals surface area contributed by atoms with E-state index in [0.717, 1.165) is 41.8 Å². The third kappa shape index (κ3) is 4.09. The molecule has 1 aromatic carbocycles. The van der Waals surface area contributed by atoms with Crippen molar-refractivity contribution in [1.82, 2.24) is 24.6 Å². The van der Waals surface area contributed by atoms with Gasteiger partial charge in [0.15, 0.2) is 11.0 Å². The Morgan fingerprint density at radius 2 is 1.96 bits per heavy atom. The molecule has 0 N–H and O–H groups in total. The van der Waals surface area contributed by atoms with Crippen LogP contribution in [0.5, 0.6) is 0 Å². The highest BCUT2D eigenvalue weighted by atomic mass is 32.2. The molecule has 1 saturated heterocycles.